The molecular weight excluding hydrogens is 416 g/mol. The number of benzene rings is 1. The van der Waals surface area contributed by atoms with E-state index in [1.54, 1.807) is 22.3 Å². The van der Waals surface area contributed by atoms with E-state index in [1.807, 2.05) is 42.5 Å². The summed E-state index contributed by atoms with van der Waals surface area (Å²) in [7, 11) is -2.95. The maximum absolute atomic E-state index is 12.4. The summed E-state index contributed by atoms with van der Waals surface area (Å²) in [4.78, 5) is 18.4. The zero-order chi connectivity index (χ0) is 20.1. The Balaban J connectivity index is 1.53. The summed E-state index contributed by atoms with van der Waals surface area (Å²) < 4.78 is 22.5. The fourth-order valence-corrected chi connectivity index (χ4v) is 4.83. The van der Waals surface area contributed by atoms with Crippen LogP contribution in [-0.2, 0) is 14.6 Å². The molecule has 1 saturated heterocycles. The summed E-state index contributed by atoms with van der Waals surface area (Å²) in [6.45, 7) is 3.15. The van der Waals surface area contributed by atoms with Crippen molar-refractivity contribution >= 4 is 44.8 Å². The Labute approximate surface area is 175 Å². The molecule has 2 aromatic rings. The third-order valence-corrected chi connectivity index (χ3v) is 6.96. The Morgan fingerprint density at radius 1 is 1.14 bits per heavy atom. The van der Waals surface area contributed by atoms with Gasteiger partial charge in [0, 0.05) is 65.4 Å². The lowest BCUT2D eigenvalue weighted by Gasteiger charge is -2.34. The zero-order valence-corrected chi connectivity index (χ0v) is 18.1. The molecule has 1 aromatic carbocycles. The Hall–Kier alpha value is -1.67. The highest BCUT2D eigenvalue weighted by Crippen LogP contribution is 2.33. The fraction of sp³-hybridized carbons (Fsp3) is 0.350. The van der Waals surface area contributed by atoms with Crippen LogP contribution in [0.15, 0.2) is 42.5 Å². The van der Waals surface area contributed by atoms with Gasteiger partial charge < -0.3 is 4.90 Å². The molecule has 0 bridgehead atoms. The van der Waals surface area contributed by atoms with E-state index in [2.05, 4.69) is 4.90 Å². The SMILES string of the molecule is CS(=O)(=O)CCN1CCN(C(=O)/C=C/c2ccc(-c3ccccc3Cl)s2)CC1. The van der Waals surface area contributed by atoms with Crippen LogP contribution >= 0.6 is 22.9 Å². The maximum Gasteiger partial charge on any atom is 0.246 e. The number of hydrogen-bond acceptors (Lipinski definition) is 5. The van der Waals surface area contributed by atoms with Gasteiger partial charge in [0.15, 0.2) is 0 Å². The van der Waals surface area contributed by atoms with Gasteiger partial charge in [-0.25, -0.2) is 8.42 Å². The Morgan fingerprint density at radius 3 is 2.54 bits per heavy atom. The third kappa shape index (κ3) is 5.91. The first-order valence-corrected chi connectivity index (χ1v) is 12.3. The second kappa shape index (κ2) is 9.22. The monoisotopic (exact) mass is 438 g/mol. The molecule has 3 rings (SSSR count). The summed E-state index contributed by atoms with van der Waals surface area (Å²) in [5, 5.41) is 0.713. The molecule has 0 atom stereocenters. The van der Waals surface area contributed by atoms with Crippen molar-refractivity contribution in [3.63, 3.8) is 0 Å². The van der Waals surface area contributed by atoms with Crippen LogP contribution in [0.1, 0.15) is 4.88 Å². The van der Waals surface area contributed by atoms with Gasteiger partial charge in [0.1, 0.15) is 9.84 Å². The quantitative estimate of drug-likeness (QED) is 0.649. The molecule has 1 amide bonds. The molecule has 1 aromatic heterocycles. The number of halogens is 1. The zero-order valence-electron chi connectivity index (χ0n) is 15.7. The summed E-state index contributed by atoms with van der Waals surface area (Å²) in [6, 6.07) is 11.7. The number of carbonyl (C=O) groups is 1. The van der Waals surface area contributed by atoms with E-state index in [0.717, 1.165) is 15.3 Å². The van der Waals surface area contributed by atoms with Crippen molar-refractivity contribution in [1.82, 2.24) is 9.80 Å². The molecule has 28 heavy (non-hydrogen) atoms. The van der Waals surface area contributed by atoms with E-state index in [9.17, 15) is 13.2 Å². The van der Waals surface area contributed by atoms with Gasteiger partial charge in [0.25, 0.3) is 0 Å². The lowest BCUT2D eigenvalue weighted by Crippen LogP contribution is -2.49. The molecule has 150 valence electrons. The molecule has 5 nitrogen and oxygen atoms in total. The van der Waals surface area contributed by atoms with Crippen molar-refractivity contribution in [1.29, 1.82) is 0 Å². The Kier molecular flexibility index (Phi) is 6.93. The molecular formula is C20H23ClN2O3S2. The molecule has 1 aliphatic rings. The summed E-state index contributed by atoms with van der Waals surface area (Å²) in [5.41, 5.74) is 0.991. The van der Waals surface area contributed by atoms with Crippen LogP contribution in [0.5, 0.6) is 0 Å². The van der Waals surface area contributed by atoms with Gasteiger partial charge in [-0.3, -0.25) is 9.69 Å². The third-order valence-electron chi connectivity index (χ3n) is 4.62. The highest BCUT2D eigenvalue weighted by atomic mass is 35.5. The Bertz CT molecular complexity index is 961. The van der Waals surface area contributed by atoms with Gasteiger partial charge in [0.05, 0.1) is 5.75 Å². The van der Waals surface area contributed by atoms with Crippen LogP contribution in [0, 0.1) is 0 Å². The standard InChI is InChI=1S/C20H23ClN2O3S2/c1-28(25,26)15-14-22-10-12-23(13-11-22)20(24)9-7-16-6-8-19(27-16)17-4-2-3-5-18(17)21/h2-9H,10-15H2,1H3/b9-7+. The van der Waals surface area contributed by atoms with Crippen molar-refractivity contribution in [3.05, 3.63) is 52.4 Å². The first-order chi connectivity index (χ1) is 13.3. The van der Waals surface area contributed by atoms with Crippen molar-refractivity contribution in [2.24, 2.45) is 0 Å². The van der Waals surface area contributed by atoms with E-state index in [1.165, 1.54) is 6.26 Å². The number of nitrogens with zero attached hydrogens (tertiary/aromatic N) is 2. The molecule has 0 unspecified atom stereocenters. The summed E-state index contributed by atoms with van der Waals surface area (Å²) in [5.74, 6) is 0.142. The fourth-order valence-electron chi connectivity index (χ4n) is 2.99. The molecule has 0 saturated carbocycles. The van der Waals surface area contributed by atoms with Crippen LogP contribution in [-0.4, -0.2) is 68.9 Å². The second-order valence-electron chi connectivity index (χ2n) is 6.81. The number of amides is 1. The highest BCUT2D eigenvalue weighted by Gasteiger charge is 2.20. The van der Waals surface area contributed by atoms with E-state index >= 15 is 0 Å². The minimum Gasteiger partial charge on any atom is -0.337 e. The molecule has 1 fully saturated rings. The van der Waals surface area contributed by atoms with Crippen LogP contribution in [0.4, 0.5) is 0 Å². The van der Waals surface area contributed by atoms with Crippen molar-refractivity contribution in [3.8, 4) is 10.4 Å². The normalized spacial score (nSPS) is 16.0. The van der Waals surface area contributed by atoms with Crippen LogP contribution in [0.2, 0.25) is 5.02 Å². The first-order valence-electron chi connectivity index (χ1n) is 9.04. The summed E-state index contributed by atoms with van der Waals surface area (Å²) >= 11 is 7.84. The van der Waals surface area contributed by atoms with E-state index in [0.29, 0.717) is 37.7 Å². The predicted octanol–water partition coefficient (Wildman–Crippen LogP) is 3.27. The smallest absolute Gasteiger partial charge is 0.246 e. The minimum absolute atomic E-state index is 0.0181. The van der Waals surface area contributed by atoms with E-state index in [-0.39, 0.29) is 11.7 Å². The van der Waals surface area contributed by atoms with Crippen LogP contribution in [0.25, 0.3) is 16.5 Å². The molecule has 0 N–H and O–H groups in total. The van der Waals surface area contributed by atoms with Gasteiger partial charge in [-0.1, -0.05) is 29.8 Å². The number of hydrogen-bond donors (Lipinski definition) is 0. The second-order valence-corrected chi connectivity index (χ2v) is 10.6. The number of rotatable bonds is 6. The van der Waals surface area contributed by atoms with Gasteiger partial charge in [-0.15, -0.1) is 11.3 Å². The lowest BCUT2D eigenvalue weighted by atomic mass is 10.2. The van der Waals surface area contributed by atoms with Crippen molar-refractivity contribution < 1.29 is 13.2 Å². The summed E-state index contributed by atoms with van der Waals surface area (Å²) in [6.07, 6.45) is 4.69. The number of sulfone groups is 1. The molecule has 0 radical (unpaired) electrons. The molecule has 2 heterocycles. The minimum atomic E-state index is -2.95. The van der Waals surface area contributed by atoms with Crippen molar-refractivity contribution in [2.75, 3.05) is 44.7 Å². The number of thiophene rings is 1. The maximum atomic E-state index is 12.4. The molecule has 0 aliphatic carbocycles. The van der Waals surface area contributed by atoms with Crippen LogP contribution in [0.3, 0.4) is 0 Å². The highest BCUT2D eigenvalue weighted by molar-refractivity contribution is 7.90. The number of piperazine rings is 1. The average molecular weight is 439 g/mol. The largest absolute Gasteiger partial charge is 0.337 e. The van der Waals surface area contributed by atoms with Gasteiger partial charge in [0.2, 0.25) is 5.91 Å². The van der Waals surface area contributed by atoms with Gasteiger partial charge >= 0.3 is 0 Å². The predicted molar refractivity (Wildman–Crippen MR) is 117 cm³/mol. The van der Waals surface area contributed by atoms with Gasteiger partial charge in [-0.05, 0) is 24.3 Å². The molecule has 8 heteroatoms. The van der Waals surface area contributed by atoms with E-state index in [4.69, 9.17) is 11.6 Å². The first kappa shape index (κ1) is 21.0. The molecule has 1 aliphatic heterocycles. The van der Waals surface area contributed by atoms with Crippen molar-refractivity contribution in [2.45, 2.75) is 0 Å². The molecule has 0 spiro atoms. The Morgan fingerprint density at radius 2 is 1.86 bits per heavy atom. The lowest BCUT2D eigenvalue weighted by molar-refractivity contribution is -0.127. The number of carbonyl (C=O) groups excluding carboxylic acids is 1. The van der Waals surface area contributed by atoms with Crippen LogP contribution < -0.4 is 0 Å². The average Bonchev–Trinajstić information content (AvgIpc) is 3.13. The topological polar surface area (TPSA) is 57.7 Å². The van der Waals surface area contributed by atoms with E-state index < -0.39 is 9.84 Å². The van der Waals surface area contributed by atoms with Gasteiger partial charge in [-0.2, -0.15) is 0 Å².